The summed E-state index contributed by atoms with van der Waals surface area (Å²) >= 11 is 1.60. The Balaban J connectivity index is 0.00000392. The first-order valence-electron chi connectivity index (χ1n) is 8.80. The number of nitrogens with one attached hydrogen (secondary N) is 1. The topological polar surface area (TPSA) is 79.2 Å². The molecule has 7 nitrogen and oxygen atoms in total. The summed E-state index contributed by atoms with van der Waals surface area (Å²) in [6, 6.07) is 5.31. The molecule has 1 heterocycles. The fourth-order valence-corrected chi connectivity index (χ4v) is 3.31. The van der Waals surface area contributed by atoms with Crippen LogP contribution in [0.3, 0.4) is 0 Å². The molecule has 1 unspecified atom stereocenters. The molecule has 0 aliphatic rings. The molecule has 1 aromatic carbocycles. The first-order chi connectivity index (χ1) is 13.0. The van der Waals surface area contributed by atoms with Crippen LogP contribution in [0.4, 0.5) is 0 Å². The van der Waals surface area contributed by atoms with E-state index in [4.69, 9.17) is 9.47 Å². The maximum atomic E-state index is 9.91. The van der Waals surface area contributed by atoms with Crippen LogP contribution in [0.1, 0.15) is 36.2 Å². The number of aromatic hydroxyl groups is 1. The van der Waals surface area contributed by atoms with E-state index < -0.39 is 0 Å². The molecular formula is C19H29IN4O3S. The minimum Gasteiger partial charge on any atom is -0.504 e. The smallest absolute Gasteiger partial charge is 0.194 e. The van der Waals surface area contributed by atoms with Gasteiger partial charge in [-0.2, -0.15) is 0 Å². The van der Waals surface area contributed by atoms with E-state index >= 15 is 0 Å². The lowest BCUT2D eigenvalue weighted by Gasteiger charge is -2.21. The molecule has 0 spiro atoms. The fourth-order valence-electron chi connectivity index (χ4n) is 2.47. The molecule has 0 saturated carbocycles. The molecule has 156 valence electrons. The van der Waals surface area contributed by atoms with Gasteiger partial charge in [0, 0.05) is 26.1 Å². The van der Waals surface area contributed by atoms with E-state index in [2.05, 4.69) is 15.3 Å². The molecule has 0 fully saturated rings. The highest BCUT2D eigenvalue weighted by Gasteiger charge is 2.13. The number of phenols is 1. The normalized spacial score (nSPS) is 12.2. The number of methoxy groups -OCH3 is 2. The van der Waals surface area contributed by atoms with Gasteiger partial charge in [0.05, 0.1) is 25.9 Å². The zero-order chi connectivity index (χ0) is 19.8. The van der Waals surface area contributed by atoms with Gasteiger partial charge in [-0.05, 0) is 31.5 Å². The van der Waals surface area contributed by atoms with Gasteiger partial charge in [0.25, 0.3) is 0 Å². The Labute approximate surface area is 187 Å². The zero-order valence-electron chi connectivity index (χ0n) is 16.9. The van der Waals surface area contributed by atoms with Crippen molar-refractivity contribution in [3.63, 3.8) is 0 Å². The quantitative estimate of drug-likeness (QED) is 0.314. The molecule has 2 rings (SSSR count). The second-order valence-electron chi connectivity index (χ2n) is 6.09. The van der Waals surface area contributed by atoms with Crippen molar-refractivity contribution in [1.82, 2.24) is 15.2 Å². The van der Waals surface area contributed by atoms with Crippen molar-refractivity contribution in [3.8, 4) is 11.5 Å². The standard InChI is InChI=1S/C19H28N4O3S.HI/c1-6-20-19(21-10-14-7-8-17(26-5)16(24)9-14)23(3)11-15-12-27-18(22-15)13(2)25-4;/h7-9,12-13,24H,6,10-11H2,1-5H3,(H,20,21);1H. The maximum absolute atomic E-state index is 9.91. The Morgan fingerprint density at radius 1 is 1.39 bits per heavy atom. The Kier molecular flexibility index (Phi) is 10.5. The van der Waals surface area contributed by atoms with Crippen LogP contribution in [0.2, 0.25) is 0 Å². The molecule has 2 N–H and O–H groups in total. The summed E-state index contributed by atoms with van der Waals surface area (Å²) in [7, 11) is 5.19. The Hall–Kier alpha value is -1.59. The van der Waals surface area contributed by atoms with Crippen molar-refractivity contribution in [2.75, 3.05) is 27.8 Å². The van der Waals surface area contributed by atoms with Crippen LogP contribution in [0.5, 0.6) is 11.5 Å². The predicted octanol–water partition coefficient (Wildman–Crippen LogP) is 3.78. The van der Waals surface area contributed by atoms with Crippen molar-refractivity contribution in [1.29, 1.82) is 0 Å². The van der Waals surface area contributed by atoms with E-state index in [1.807, 2.05) is 37.2 Å². The first kappa shape index (κ1) is 24.4. The number of ether oxygens (including phenoxy) is 2. The van der Waals surface area contributed by atoms with Gasteiger partial charge in [0.2, 0.25) is 0 Å². The summed E-state index contributed by atoms with van der Waals surface area (Å²) in [5.41, 5.74) is 1.89. The number of rotatable bonds is 8. The highest BCUT2D eigenvalue weighted by Crippen LogP contribution is 2.26. The maximum Gasteiger partial charge on any atom is 0.194 e. The molecule has 2 aromatic rings. The monoisotopic (exact) mass is 520 g/mol. The second kappa shape index (κ2) is 12.1. The summed E-state index contributed by atoms with van der Waals surface area (Å²) < 4.78 is 10.4. The summed E-state index contributed by atoms with van der Waals surface area (Å²) in [6.07, 6.45) is -0.00119. The number of hydrogen-bond donors (Lipinski definition) is 2. The zero-order valence-corrected chi connectivity index (χ0v) is 20.1. The number of nitrogens with zero attached hydrogens (tertiary/aromatic N) is 3. The predicted molar refractivity (Wildman–Crippen MR) is 124 cm³/mol. The number of phenolic OH excluding ortho intramolecular Hbond substituents is 1. The van der Waals surface area contributed by atoms with E-state index in [0.717, 1.165) is 28.8 Å². The van der Waals surface area contributed by atoms with Crippen molar-refractivity contribution < 1.29 is 14.6 Å². The van der Waals surface area contributed by atoms with Crippen molar-refractivity contribution in [2.24, 2.45) is 4.99 Å². The third-order valence-corrected chi connectivity index (χ3v) is 5.08. The molecule has 9 heteroatoms. The van der Waals surface area contributed by atoms with Gasteiger partial charge in [-0.3, -0.25) is 0 Å². The van der Waals surface area contributed by atoms with E-state index in [-0.39, 0.29) is 35.8 Å². The summed E-state index contributed by atoms with van der Waals surface area (Å²) in [6.45, 7) is 5.88. The number of thiazole rings is 1. The van der Waals surface area contributed by atoms with Crippen LogP contribution in [-0.2, 0) is 17.8 Å². The van der Waals surface area contributed by atoms with Crippen LogP contribution >= 0.6 is 35.3 Å². The molecule has 0 saturated heterocycles. The summed E-state index contributed by atoms with van der Waals surface area (Å²) in [4.78, 5) is 11.3. The van der Waals surface area contributed by atoms with Crippen LogP contribution in [0, 0.1) is 0 Å². The van der Waals surface area contributed by atoms with Crippen LogP contribution in [0.15, 0.2) is 28.6 Å². The van der Waals surface area contributed by atoms with Gasteiger partial charge in [0.1, 0.15) is 11.1 Å². The van der Waals surface area contributed by atoms with Gasteiger partial charge in [-0.25, -0.2) is 9.98 Å². The molecule has 28 heavy (non-hydrogen) atoms. The van der Waals surface area contributed by atoms with Crippen LogP contribution in [-0.4, -0.2) is 48.8 Å². The molecular weight excluding hydrogens is 491 g/mol. The van der Waals surface area contributed by atoms with Crippen LogP contribution in [0.25, 0.3) is 0 Å². The number of aliphatic imine (C=N–C) groups is 1. The molecule has 0 aliphatic heterocycles. The van der Waals surface area contributed by atoms with Gasteiger partial charge >= 0.3 is 0 Å². The van der Waals surface area contributed by atoms with E-state index in [0.29, 0.717) is 18.8 Å². The lowest BCUT2D eigenvalue weighted by molar-refractivity contribution is 0.119. The number of guanidine groups is 1. The highest BCUT2D eigenvalue weighted by molar-refractivity contribution is 14.0. The molecule has 0 amide bonds. The van der Waals surface area contributed by atoms with Gasteiger partial charge in [0.15, 0.2) is 17.5 Å². The lowest BCUT2D eigenvalue weighted by Crippen LogP contribution is -2.38. The van der Waals surface area contributed by atoms with Gasteiger partial charge in [-0.15, -0.1) is 35.3 Å². The first-order valence-corrected chi connectivity index (χ1v) is 9.68. The number of aromatic nitrogens is 1. The lowest BCUT2D eigenvalue weighted by atomic mass is 10.2. The minimum absolute atomic E-state index is 0. The summed E-state index contributed by atoms with van der Waals surface area (Å²) in [5.74, 6) is 1.35. The fraction of sp³-hybridized carbons (Fsp3) is 0.474. The molecule has 0 aliphatic carbocycles. The molecule has 0 radical (unpaired) electrons. The van der Waals surface area contributed by atoms with Crippen LogP contribution < -0.4 is 10.1 Å². The minimum atomic E-state index is -0.00119. The third kappa shape index (κ3) is 6.78. The second-order valence-corrected chi connectivity index (χ2v) is 6.98. The van der Waals surface area contributed by atoms with E-state index in [1.54, 1.807) is 30.6 Å². The van der Waals surface area contributed by atoms with Crippen molar-refractivity contribution in [3.05, 3.63) is 39.8 Å². The SMILES string of the molecule is CCNC(=NCc1ccc(OC)c(O)c1)N(C)Cc1csc(C(C)OC)n1.I. The van der Waals surface area contributed by atoms with Gasteiger partial charge < -0.3 is 24.8 Å². The Morgan fingerprint density at radius 2 is 2.14 bits per heavy atom. The molecule has 1 atom stereocenters. The van der Waals surface area contributed by atoms with E-state index in [1.165, 1.54) is 7.11 Å². The number of benzene rings is 1. The number of hydrogen-bond acceptors (Lipinski definition) is 6. The average Bonchev–Trinajstić information content (AvgIpc) is 3.13. The third-order valence-electron chi connectivity index (χ3n) is 4.02. The molecule has 1 aromatic heterocycles. The highest BCUT2D eigenvalue weighted by atomic mass is 127. The largest absolute Gasteiger partial charge is 0.504 e. The molecule has 0 bridgehead atoms. The van der Waals surface area contributed by atoms with Crippen molar-refractivity contribution >= 4 is 41.3 Å². The Morgan fingerprint density at radius 3 is 2.75 bits per heavy atom. The summed E-state index contributed by atoms with van der Waals surface area (Å²) in [5, 5.41) is 16.2. The van der Waals surface area contributed by atoms with Crippen molar-refractivity contribution in [2.45, 2.75) is 33.0 Å². The van der Waals surface area contributed by atoms with E-state index in [9.17, 15) is 5.11 Å². The average molecular weight is 520 g/mol. The van der Waals surface area contributed by atoms with Gasteiger partial charge in [-0.1, -0.05) is 6.07 Å². The number of halogens is 1. The Bertz CT molecular complexity index is 769.